The molecule has 5 heteroatoms. The van der Waals surface area contributed by atoms with Crippen LogP contribution in [-0.4, -0.2) is 59.5 Å². The van der Waals surface area contributed by atoms with Crippen molar-refractivity contribution in [3.63, 3.8) is 0 Å². The molecular formula is C11H22N2O3. The van der Waals surface area contributed by atoms with Gasteiger partial charge < -0.3 is 10.0 Å². The van der Waals surface area contributed by atoms with Crippen LogP contribution in [0.2, 0.25) is 0 Å². The second-order valence-electron chi connectivity index (χ2n) is 3.92. The molecule has 0 spiro atoms. The van der Waals surface area contributed by atoms with Gasteiger partial charge in [-0.2, -0.15) is 0 Å². The third-order valence-electron chi connectivity index (χ3n) is 2.74. The zero-order valence-electron chi connectivity index (χ0n) is 10.6. The fourth-order valence-electron chi connectivity index (χ4n) is 1.43. The maximum atomic E-state index is 11.7. The summed E-state index contributed by atoms with van der Waals surface area (Å²) < 4.78 is 0. The van der Waals surface area contributed by atoms with Crippen LogP contribution in [0, 0.1) is 0 Å². The quantitative estimate of drug-likeness (QED) is 0.697. The van der Waals surface area contributed by atoms with Crippen molar-refractivity contribution in [1.82, 2.24) is 9.80 Å². The van der Waals surface area contributed by atoms with Gasteiger partial charge in [0.05, 0.1) is 13.0 Å². The number of aliphatic carboxylic acids is 1. The maximum absolute atomic E-state index is 11.7. The average Bonchev–Trinajstić information content (AvgIpc) is 2.23. The molecule has 0 heterocycles. The second-order valence-corrected chi connectivity index (χ2v) is 3.92. The molecule has 0 rings (SSSR count). The summed E-state index contributed by atoms with van der Waals surface area (Å²) in [6, 6.07) is -0.114. The van der Waals surface area contributed by atoms with Gasteiger partial charge in [0.15, 0.2) is 0 Å². The molecule has 0 aliphatic carbocycles. The number of nitrogens with zero attached hydrogens (tertiary/aromatic N) is 2. The van der Waals surface area contributed by atoms with E-state index < -0.39 is 5.97 Å². The molecule has 94 valence electrons. The number of hydrogen-bond acceptors (Lipinski definition) is 3. The fraction of sp³-hybridized carbons (Fsp3) is 0.818. The van der Waals surface area contributed by atoms with Crippen molar-refractivity contribution in [1.29, 1.82) is 0 Å². The predicted molar refractivity (Wildman–Crippen MR) is 62.3 cm³/mol. The van der Waals surface area contributed by atoms with E-state index in [0.29, 0.717) is 13.1 Å². The Labute approximate surface area is 97.0 Å². The Bertz CT molecular complexity index is 243. The largest absolute Gasteiger partial charge is 0.481 e. The van der Waals surface area contributed by atoms with E-state index in [4.69, 9.17) is 5.11 Å². The Morgan fingerprint density at radius 1 is 1.25 bits per heavy atom. The number of carboxylic acid groups (broad SMARTS) is 1. The Morgan fingerprint density at radius 3 is 2.19 bits per heavy atom. The Morgan fingerprint density at radius 2 is 1.81 bits per heavy atom. The fourth-order valence-corrected chi connectivity index (χ4v) is 1.43. The van der Waals surface area contributed by atoms with Crippen LogP contribution in [0.3, 0.4) is 0 Å². The molecule has 1 atom stereocenters. The number of carbonyl (C=O) groups is 2. The minimum Gasteiger partial charge on any atom is -0.481 e. The Kier molecular flexibility index (Phi) is 6.72. The number of hydrogen-bond donors (Lipinski definition) is 1. The molecule has 1 amide bonds. The Balaban J connectivity index is 4.28. The van der Waals surface area contributed by atoms with E-state index >= 15 is 0 Å². The van der Waals surface area contributed by atoms with Gasteiger partial charge in [-0.15, -0.1) is 0 Å². The van der Waals surface area contributed by atoms with Gasteiger partial charge in [-0.25, -0.2) is 0 Å². The summed E-state index contributed by atoms with van der Waals surface area (Å²) >= 11 is 0. The van der Waals surface area contributed by atoms with Crippen LogP contribution in [0.15, 0.2) is 0 Å². The summed E-state index contributed by atoms with van der Waals surface area (Å²) in [6.07, 6.45) is 0.0664. The summed E-state index contributed by atoms with van der Waals surface area (Å²) in [5, 5.41) is 8.70. The van der Waals surface area contributed by atoms with E-state index in [9.17, 15) is 9.59 Å². The SMILES string of the molecule is CCN(C)C(=O)CN(CC)C(C)CC(=O)O. The monoisotopic (exact) mass is 230 g/mol. The van der Waals surface area contributed by atoms with Gasteiger partial charge in [-0.05, 0) is 20.4 Å². The summed E-state index contributed by atoms with van der Waals surface area (Å²) in [7, 11) is 1.75. The first kappa shape index (κ1) is 14.9. The normalized spacial score (nSPS) is 12.6. The van der Waals surface area contributed by atoms with Crippen molar-refractivity contribution in [3.05, 3.63) is 0 Å². The van der Waals surface area contributed by atoms with E-state index in [2.05, 4.69) is 0 Å². The molecule has 16 heavy (non-hydrogen) atoms. The smallest absolute Gasteiger partial charge is 0.304 e. The molecule has 0 aromatic heterocycles. The molecule has 0 aromatic rings. The average molecular weight is 230 g/mol. The highest BCUT2D eigenvalue weighted by Crippen LogP contribution is 2.04. The van der Waals surface area contributed by atoms with Gasteiger partial charge in [-0.3, -0.25) is 14.5 Å². The van der Waals surface area contributed by atoms with Gasteiger partial charge in [-0.1, -0.05) is 6.92 Å². The summed E-state index contributed by atoms with van der Waals surface area (Å²) in [5.74, 6) is -0.802. The van der Waals surface area contributed by atoms with Gasteiger partial charge >= 0.3 is 5.97 Å². The topological polar surface area (TPSA) is 60.9 Å². The van der Waals surface area contributed by atoms with Crippen LogP contribution in [0.5, 0.6) is 0 Å². The molecule has 0 saturated heterocycles. The lowest BCUT2D eigenvalue weighted by molar-refractivity contribution is -0.139. The standard InChI is InChI=1S/C11H22N2O3/c1-5-12(4)10(14)8-13(6-2)9(3)7-11(15)16/h9H,5-8H2,1-4H3,(H,15,16). The molecule has 0 aliphatic heterocycles. The molecule has 0 aromatic carbocycles. The molecule has 0 aliphatic rings. The lowest BCUT2D eigenvalue weighted by Gasteiger charge is -2.27. The van der Waals surface area contributed by atoms with Crippen LogP contribution in [-0.2, 0) is 9.59 Å². The maximum Gasteiger partial charge on any atom is 0.304 e. The molecule has 0 bridgehead atoms. The number of amides is 1. The first-order valence-electron chi connectivity index (χ1n) is 5.62. The van der Waals surface area contributed by atoms with E-state index in [0.717, 1.165) is 0 Å². The van der Waals surface area contributed by atoms with Gasteiger partial charge in [0.1, 0.15) is 0 Å². The summed E-state index contributed by atoms with van der Waals surface area (Å²) in [4.78, 5) is 25.8. The highest BCUT2D eigenvalue weighted by molar-refractivity contribution is 5.78. The lowest BCUT2D eigenvalue weighted by atomic mass is 10.2. The number of carboxylic acids is 1. The zero-order chi connectivity index (χ0) is 12.7. The van der Waals surface area contributed by atoms with Crippen molar-refractivity contribution < 1.29 is 14.7 Å². The van der Waals surface area contributed by atoms with E-state index in [1.165, 1.54) is 0 Å². The summed E-state index contributed by atoms with van der Waals surface area (Å²) in [5.41, 5.74) is 0. The van der Waals surface area contributed by atoms with Crippen LogP contribution < -0.4 is 0 Å². The lowest BCUT2D eigenvalue weighted by Crippen LogP contribution is -2.43. The Hall–Kier alpha value is -1.10. The number of likely N-dealkylation sites (N-methyl/N-ethyl adjacent to an activating group) is 2. The van der Waals surface area contributed by atoms with Gasteiger partial charge in [0.2, 0.25) is 5.91 Å². The van der Waals surface area contributed by atoms with Gasteiger partial charge in [0.25, 0.3) is 0 Å². The van der Waals surface area contributed by atoms with Crippen molar-refractivity contribution in [3.8, 4) is 0 Å². The van der Waals surface area contributed by atoms with Gasteiger partial charge in [0, 0.05) is 19.6 Å². The number of carbonyl (C=O) groups excluding carboxylic acids is 1. The highest BCUT2D eigenvalue weighted by atomic mass is 16.4. The summed E-state index contributed by atoms with van der Waals surface area (Å²) in [6.45, 7) is 7.31. The minimum absolute atomic E-state index is 0.0292. The molecule has 0 radical (unpaired) electrons. The van der Waals surface area contributed by atoms with Crippen molar-refractivity contribution >= 4 is 11.9 Å². The third kappa shape index (κ3) is 5.11. The zero-order valence-corrected chi connectivity index (χ0v) is 10.6. The first-order valence-corrected chi connectivity index (χ1v) is 5.62. The molecule has 0 fully saturated rings. The first-order chi connectivity index (χ1) is 7.42. The predicted octanol–water partition coefficient (Wildman–Crippen LogP) is 0.650. The van der Waals surface area contributed by atoms with Crippen molar-refractivity contribution in [2.24, 2.45) is 0 Å². The van der Waals surface area contributed by atoms with Crippen LogP contribution in [0.1, 0.15) is 27.2 Å². The van der Waals surface area contributed by atoms with Crippen LogP contribution >= 0.6 is 0 Å². The third-order valence-corrected chi connectivity index (χ3v) is 2.74. The van der Waals surface area contributed by atoms with Crippen molar-refractivity contribution in [2.45, 2.75) is 33.2 Å². The molecule has 1 unspecified atom stereocenters. The molecule has 5 nitrogen and oxygen atoms in total. The van der Waals surface area contributed by atoms with E-state index in [-0.39, 0.29) is 24.9 Å². The molecular weight excluding hydrogens is 208 g/mol. The van der Waals surface area contributed by atoms with Crippen LogP contribution in [0.25, 0.3) is 0 Å². The van der Waals surface area contributed by atoms with E-state index in [1.807, 2.05) is 25.7 Å². The van der Waals surface area contributed by atoms with Crippen LogP contribution in [0.4, 0.5) is 0 Å². The van der Waals surface area contributed by atoms with Crippen molar-refractivity contribution in [2.75, 3.05) is 26.7 Å². The highest BCUT2D eigenvalue weighted by Gasteiger charge is 2.19. The minimum atomic E-state index is -0.831. The van der Waals surface area contributed by atoms with E-state index in [1.54, 1.807) is 11.9 Å². The molecule has 1 N–H and O–H groups in total. The second kappa shape index (κ2) is 7.22. The number of rotatable bonds is 7. The molecule has 0 saturated carbocycles.